The van der Waals surface area contributed by atoms with Gasteiger partial charge >= 0.3 is 0 Å². The third-order valence-electron chi connectivity index (χ3n) is 2.35. The quantitative estimate of drug-likeness (QED) is 0.685. The van der Waals surface area contributed by atoms with Crippen molar-refractivity contribution in [3.05, 3.63) is 47.1 Å². The number of thiophene rings is 1. The van der Waals surface area contributed by atoms with Crippen molar-refractivity contribution < 1.29 is 4.79 Å². The fourth-order valence-electron chi connectivity index (χ4n) is 1.37. The number of carbonyl (C=O) groups is 1. The molecule has 0 aliphatic carbocycles. The van der Waals surface area contributed by atoms with Crippen LogP contribution in [0, 0.1) is 0 Å². The molecule has 2 aromatic heterocycles. The van der Waals surface area contributed by atoms with Crippen LogP contribution in [0.2, 0.25) is 0 Å². The number of carbonyl (C=O) groups excluding carboxylic acids is 1. The molecule has 0 radical (unpaired) electrons. The zero-order chi connectivity index (χ0) is 13.7. The van der Waals surface area contributed by atoms with Crippen LogP contribution in [0.3, 0.4) is 0 Å². The summed E-state index contributed by atoms with van der Waals surface area (Å²) in [5.74, 6) is -0.247. The molecule has 0 unspecified atom stereocenters. The fraction of sp³-hybridized carbons (Fsp3) is 0.154. The summed E-state index contributed by atoms with van der Waals surface area (Å²) in [6, 6.07) is 7.25. The lowest BCUT2D eigenvalue weighted by Crippen LogP contribution is -2.17. The zero-order valence-corrected chi connectivity index (χ0v) is 11.5. The molecule has 5 nitrogen and oxygen atoms in total. The second-order valence-electron chi connectivity index (χ2n) is 4.01. The highest BCUT2D eigenvalue weighted by molar-refractivity contribution is 7.17. The average molecular weight is 274 g/mol. The summed E-state index contributed by atoms with van der Waals surface area (Å²) >= 11 is 1.60. The van der Waals surface area contributed by atoms with E-state index < -0.39 is 0 Å². The normalized spacial score (nSPS) is 10.6. The van der Waals surface area contributed by atoms with Crippen molar-refractivity contribution in [2.45, 2.75) is 0 Å². The minimum absolute atomic E-state index is 0.247. The van der Waals surface area contributed by atoms with Gasteiger partial charge in [0.1, 0.15) is 0 Å². The maximum atomic E-state index is 11.7. The molecule has 1 amide bonds. The van der Waals surface area contributed by atoms with Gasteiger partial charge in [0.25, 0.3) is 5.91 Å². The van der Waals surface area contributed by atoms with Gasteiger partial charge in [-0.3, -0.25) is 9.78 Å². The molecule has 19 heavy (non-hydrogen) atoms. The van der Waals surface area contributed by atoms with Crippen molar-refractivity contribution >= 4 is 28.5 Å². The minimum atomic E-state index is -0.247. The molecule has 0 fully saturated rings. The number of rotatable bonds is 4. The highest BCUT2D eigenvalue weighted by Gasteiger charge is 2.02. The van der Waals surface area contributed by atoms with Gasteiger partial charge in [0.15, 0.2) is 0 Å². The van der Waals surface area contributed by atoms with Crippen LogP contribution in [-0.4, -0.2) is 31.2 Å². The maximum absolute atomic E-state index is 11.7. The molecular weight excluding hydrogens is 260 g/mol. The molecule has 1 N–H and O–H groups in total. The molecule has 0 saturated carbocycles. The fourth-order valence-corrected chi connectivity index (χ4v) is 2.18. The number of aromatic nitrogens is 1. The Bertz CT molecular complexity index is 577. The third kappa shape index (κ3) is 3.62. The van der Waals surface area contributed by atoms with E-state index in [4.69, 9.17) is 0 Å². The number of hydrogen-bond acceptors (Lipinski definition) is 5. The van der Waals surface area contributed by atoms with E-state index in [9.17, 15) is 4.79 Å². The lowest BCUT2D eigenvalue weighted by molar-refractivity contribution is 0.0955. The Hall–Kier alpha value is -2.21. The molecule has 0 bridgehead atoms. The molecule has 0 aliphatic heterocycles. The van der Waals surface area contributed by atoms with Gasteiger partial charge in [-0.25, -0.2) is 5.43 Å². The van der Waals surface area contributed by atoms with E-state index >= 15 is 0 Å². The molecule has 0 spiro atoms. The Morgan fingerprint density at radius 1 is 1.32 bits per heavy atom. The standard InChI is InChI=1S/C13H14N4OS/c1-17(2)12-4-3-11(19-12)9-15-16-13(18)10-5-7-14-8-6-10/h3-9H,1-2H3,(H,16,18)/b15-9+. The van der Waals surface area contributed by atoms with E-state index in [1.54, 1.807) is 42.1 Å². The van der Waals surface area contributed by atoms with E-state index in [0.717, 1.165) is 9.88 Å². The Morgan fingerprint density at radius 2 is 2.05 bits per heavy atom. The van der Waals surface area contributed by atoms with Crippen molar-refractivity contribution in [3.8, 4) is 0 Å². The predicted octanol–water partition coefficient (Wildman–Crippen LogP) is 1.97. The maximum Gasteiger partial charge on any atom is 0.271 e. The molecule has 6 heteroatoms. The van der Waals surface area contributed by atoms with E-state index in [1.165, 1.54) is 0 Å². The molecule has 0 saturated heterocycles. The van der Waals surface area contributed by atoms with E-state index in [2.05, 4.69) is 15.5 Å². The number of pyridine rings is 1. The monoisotopic (exact) mass is 274 g/mol. The van der Waals surface area contributed by atoms with Gasteiger partial charge in [-0.15, -0.1) is 11.3 Å². The summed E-state index contributed by atoms with van der Waals surface area (Å²) in [6.07, 6.45) is 4.78. The van der Waals surface area contributed by atoms with Gasteiger partial charge in [-0.2, -0.15) is 5.10 Å². The molecule has 98 valence electrons. The molecule has 2 aromatic rings. The second kappa shape index (κ2) is 6.10. The van der Waals surface area contributed by atoms with Crippen molar-refractivity contribution in [1.29, 1.82) is 0 Å². The van der Waals surface area contributed by atoms with Gasteiger partial charge in [0.2, 0.25) is 0 Å². The van der Waals surface area contributed by atoms with Gasteiger partial charge in [0.05, 0.1) is 11.2 Å². The van der Waals surface area contributed by atoms with Crippen LogP contribution in [0.5, 0.6) is 0 Å². The summed E-state index contributed by atoms with van der Waals surface area (Å²) in [5.41, 5.74) is 3.02. The van der Waals surface area contributed by atoms with Crippen LogP contribution >= 0.6 is 11.3 Å². The predicted molar refractivity (Wildman–Crippen MR) is 77.9 cm³/mol. The Labute approximate surface area is 115 Å². The van der Waals surface area contributed by atoms with E-state index in [0.29, 0.717) is 5.56 Å². The summed E-state index contributed by atoms with van der Waals surface area (Å²) in [5, 5.41) is 5.08. The van der Waals surface area contributed by atoms with Gasteiger partial charge in [-0.05, 0) is 24.3 Å². The van der Waals surface area contributed by atoms with Crippen LogP contribution < -0.4 is 10.3 Å². The second-order valence-corrected chi connectivity index (χ2v) is 5.10. The van der Waals surface area contributed by atoms with Gasteiger partial charge < -0.3 is 4.90 Å². The smallest absolute Gasteiger partial charge is 0.271 e. The SMILES string of the molecule is CN(C)c1ccc(/C=N/NC(=O)c2ccncc2)s1. The first-order valence-corrected chi connectivity index (χ1v) is 6.49. The first-order chi connectivity index (χ1) is 9.16. The molecule has 0 aromatic carbocycles. The van der Waals surface area contributed by atoms with Crippen LogP contribution in [0.1, 0.15) is 15.2 Å². The minimum Gasteiger partial charge on any atom is -0.370 e. The van der Waals surface area contributed by atoms with Crippen LogP contribution in [0.25, 0.3) is 0 Å². The van der Waals surface area contributed by atoms with Crippen LogP contribution in [0.4, 0.5) is 5.00 Å². The molecule has 0 aliphatic rings. The van der Waals surface area contributed by atoms with Crippen molar-refractivity contribution in [2.24, 2.45) is 5.10 Å². The van der Waals surface area contributed by atoms with Gasteiger partial charge in [-0.1, -0.05) is 0 Å². The average Bonchev–Trinajstić information content (AvgIpc) is 2.89. The molecule has 0 atom stereocenters. The number of hydrogen-bond donors (Lipinski definition) is 1. The highest BCUT2D eigenvalue weighted by Crippen LogP contribution is 2.22. The number of hydrazone groups is 1. The van der Waals surface area contributed by atoms with E-state index in [-0.39, 0.29) is 5.91 Å². The van der Waals surface area contributed by atoms with Crippen molar-refractivity contribution in [1.82, 2.24) is 10.4 Å². The summed E-state index contributed by atoms with van der Waals surface area (Å²) in [4.78, 5) is 18.6. The topological polar surface area (TPSA) is 57.6 Å². The van der Waals surface area contributed by atoms with E-state index in [1.807, 2.05) is 31.1 Å². The summed E-state index contributed by atoms with van der Waals surface area (Å²) in [6.45, 7) is 0. The summed E-state index contributed by atoms with van der Waals surface area (Å²) in [7, 11) is 3.97. The number of anilines is 1. The van der Waals surface area contributed by atoms with Crippen LogP contribution in [0.15, 0.2) is 41.8 Å². The zero-order valence-electron chi connectivity index (χ0n) is 10.7. The lowest BCUT2D eigenvalue weighted by Gasteiger charge is -2.06. The molecular formula is C13H14N4OS. The lowest BCUT2D eigenvalue weighted by atomic mass is 10.3. The summed E-state index contributed by atoms with van der Waals surface area (Å²) < 4.78 is 0. The third-order valence-corrected chi connectivity index (χ3v) is 3.54. The first-order valence-electron chi connectivity index (χ1n) is 5.67. The van der Waals surface area contributed by atoms with Crippen molar-refractivity contribution in [3.63, 3.8) is 0 Å². The van der Waals surface area contributed by atoms with Gasteiger partial charge in [0, 0.05) is 36.9 Å². The van der Waals surface area contributed by atoms with Crippen LogP contribution in [-0.2, 0) is 0 Å². The molecule has 2 heterocycles. The largest absolute Gasteiger partial charge is 0.370 e. The number of nitrogens with one attached hydrogen (secondary N) is 1. The highest BCUT2D eigenvalue weighted by atomic mass is 32.1. The molecule has 2 rings (SSSR count). The Kier molecular flexibility index (Phi) is 4.25. The Balaban J connectivity index is 1.94. The number of nitrogens with zero attached hydrogens (tertiary/aromatic N) is 3. The first kappa shape index (κ1) is 13.2. The number of amides is 1. The Morgan fingerprint density at radius 3 is 2.68 bits per heavy atom. The van der Waals surface area contributed by atoms with Crippen molar-refractivity contribution in [2.75, 3.05) is 19.0 Å².